The van der Waals surface area contributed by atoms with Gasteiger partial charge in [0.25, 0.3) is 0 Å². The van der Waals surface area contributed by atoms with Crippen molar-refractivity contribution in [1.29, 1.82) is 0 Å². The average molecular weight is 158 g/mol. The smallest absolute Gasteiger partial charge is 0.854 e. The first kappa shape index (κ1) is 11.2. The van der Waals surface area contributed by atoms with Crippen molar-refractivity contribution in [2.24, 2.45) is 0 Å². The van der Waals surface area contributed by atoms with Crippen LogP contribution >= 0.6 is 0 Å². The first-order valence-corrected chi connectivity index (χ1v) is 3.55. The van der Waals surface area contributed by atoms with E-state index in [-0.39, 0.29) is 36.2 Å². The van der Waals surface area contributed by atoms with Crippen molar-refractivity contribution in [1.82, 2.24) is 0 Å². The molecule has 0 unspecified atom stereocenters. The van der Waals surface area contributed by atoms with Crippen molar-refractivity contribution >= 4 is 0 Å². The van der Waals surface area contributed by atoms with Crippen LogP contribution in [0.3, 0.4) is 0 Å². The monoisotopic (exact) mass is 158 g/mol. The average Bonchev–Trinajstić information content (AvgIpc) is 2.03. The van der Waals surface area contributed by atoms with Gasteiger partial charge < -0.3 is 5.11 Å². The van der Waals surface area contributed by atoms with Crippen LogP contribution in [-0.4, -0.2) is 6.61 Å². The normalized spacial score (nSPS) is 8.82. The Labute approximate surface area is 89.7 Å². The maximum atomic E-state index is 10.1. The molecule has 1 rings (SSSR count). The predicted octanol–water partition coefficient (Wildman–Crippen LogP) is -2.02. The van der Waals surface area contributed by atoms with E-state index in [0.29, 0.717) is 0 Å². The molecule has 2 heteroatoms. The summed E-state index contributed by atoms with van der Waals surface area (Å²) in [5.74, 6) is 0. The van der Waals surface area contributed by atoms with Crippen molar-refractivity contribution in [2.75, 3.05) is 6.61 Å². The van der Waals surface area contributed by atoms with Gasteiger partial charge in [-0.1, -0.05) is 36.8 Å². The first-order chi connectivity index (χ1) is 4.93. The maximum absolute atomic E-state index is 10.1. The molecule has 0 fully saturated rings. The molecule has 0 aliphatic heterocycles. The minimum absolute atomic E-state index is 0. The number of rotatable bonds is 3. The summed E-state index contributed by atoms with van der Waals surface area (Å²) < 4.78 is 0. The quantitative estimate of drug-likeness (QED) is 0.466. The number of aryl methyl sites for hydroxylation is 1. The fraction of sp³-hybridized carbons (Fsp3) is 0.333. The predicted molar refractivity (Wildman–Crippen MR) is 39.6 cm³/mol. The Kier molecular flexibility index (Phi) is 6.98. The van der Waals surface area contributed by atoms with E-state index in [0.717, 1.165) is 12.8 Å². The summed E-state index contributed by atoms with van der Waals surface area (Å²) >= 11 is 0. The standard InChI is InChI=1S/C9H11O.Na/c10-8-4-7-9-5-2-1-3-6-9;/h1-3,5-6H,4,7-8H2;/q-1;+1. The van der Waals surface area contributed by atoms with E-state index in [2.05, 4.69) is 12.1 Å². The van der Waals surface area contributed by atoms with Crippen molar-refractivity contribution in [3.05, 3.63) is 35.9 Å². The third kappa shape index (κ3) is 4.59. The van der Waals surface area contributed by atoms with Crippen LogP contribution in [0.4, 0.5) is 0 Å². The molecular formula is C9H11NaO. The Morgan fingerprint density at radius 2 is 1.73 bits per heavy atom. The summed E-state index contributed by atoms with van der Waals surface area (Å²) in [6, 6.07) is 10.1. The van der Waals surface area contributed by atoms with E-state index >= 15 is 0 Å². The molecule has 0 aromatic heterocycles. The largest absolute Gasteiger partial charge is 1.00 e. The van der Waals surface area contributed by atoms with E-state index in [1.165, 1.54) is 5.56 Å². The van der Waals surface area contributed by atoms with Crippen LogP contribution in [0.2, 0.25) is 0 Å². The molecule has 0 saturated heterocycles. The van der Waals surface area contributed by atoms with Gasteiger partial charge in [0, 0.05) is 0 Å². The van der Waals surface area contributed by atoms with Crippen molar-refractivity contribution in [3.8, 4) is 0 Å². The van der Waals surface area contributed by atoms with Crippen molar-refractivity contribution in [2.45, 2.75) is 12.8 Å². The molecular weight excluding hydrogens is 147 g/mol. The van der Waals surface area contributed by atoms with E-state index in [1.54, 1.807) is 0 Å². The van der Waals surface area contributed by atoms with Gasteiger partial charge in [0.1, 0.15) is 0 Å². The van der Waals surface area contributed by atoms with Crippen LogP contribution in [0, 0.1) is 0 Å². The zero-order valence-corrected chi connectivity index (χ0v) is 8.92. The molecule has 0 heterocycles. The van der Waals surface area contributed by atoms with Crippen LogP contribution in [0.15, 0.2) is 30.3 Å². The molecule has 0 bridgehead atoms. The minimum atomic E-state index is 0. The van der Waals surface area contributed by atoms with Crippen LogP contribution < -0.4 is 34.7 Å². The van der Waals surface area contributed by atoms with Crippen LogP contribution in [-0.2, 0) is 6.42 Å². The van der Waals surface area contributed by atoms with Crippen molar-refractivity contribution < 1.29 is 34.7 Å². The molecule has 11 heavy (non-hydrogen) atoms. The molecule has 54 valence electrons. The topological polar surface area (TPSA) is 23.1 Å². The van der Waals surface area contributed by atoms with E-state index < -0.39 is 0 Å². The molecule has 0 N–H and O–H groups in total. The molecule has 0 spiro atoms. The number of hydrogen-bond donors (Lipinski definition) is 0. The van der Waals surface area contributed by atoms with E-state index in [9.17, 15) is 5.11 Å². The van der Waals surface area contributed by atoms with E-state index in [4.69, 9.17) is 0 Å². The number of benzene rings is 1. The van der Waals surface area contributed by atoms with Crippen LogP contribution in [0.1, 0.15) is 12.0 Å². The van der Waals surface area contributed by atoms with Gasteiger partial charge in [-0.25, -0.2) is 0 Å². The van der Waals surface area contributed by atoms with Gasteiger partial charge in [-0.2, -0.15) is 0 Å². The second-order valence-corrected chi connectivity index (χ2v) is 2.29. The third-order valence-corrected chi connectivity index (χ3v) is 1.45. The van der Waals surface area contributed by atoms with Gasteiger partial charge in [0.15, 0.2) is 0 Å². The van der Waals surface area contributed by atoms with Gasteiger partial charge in [-0.3, -0.25) is 0 Å². The number of hydrogen-bond acceptors (Lipinski definition) is 1. The summed E-state index contributed by atoms with van der Waals surface area (Å²) in [6.07, 6.45) is 1.67. The molecule has 1 nitrogen and oxygen atoms in total. The summed E-state index contributed by atoms with van der Waals surface area (Å²) in [6.45, 7) is 0.0366. The molecule has 0 radical (unpaired) electrons. The maximum Gasteiger partial charge on any atom is 1.00 e. The van der Waals surface area contributed by atoms with Gasteiger partial charge in [-0.15, -0.1) is 6.61 Å². The fourth-order valence-corrected chi connectivity index (χ4v) is 0.921. The summed E-state index contributed by atoms with van der Waals surface area (Å²) in [5, 5.41) is 10.1. The second-order valence-electron chi connectivity index (χ2n) is 2.29. The summed E-state index contributed by atoms with van der Waals surface area (Å²) in [4.78, 5) is 0. The van der Waals surface area contributed by atoms with Crippen LogP contribution in [0.25, 0.3) is 0 Å². The van der Waals surface area contributed by atoms with Crippen LogP contribution in [0.5, 0.6) is 0 Å². The molecule has 1 aromatic carbocycles. The first-order valence-electron chi connectivity index (χ1n) is 3.55. The van der Waals surface area contributed by atoms with Gasteiger partial charge >= 0.3 is 29.6 Å². The molecule has 0 aliphatic rings. The van der Waals surface area contributed by atoms with E-state index in [1.807, 2.05) is 18.2 Å². The van der Waals surface area contributed by atoms with Gasteiger partial charge in [0.05, 0.1) is 0 Å². The Bertz CT molecular complexity index is 174. The molecule has 1 aromatic rings. The third-order valence-electron chi connectivity index (χ3n) is 1.45. The molecule has 0 saturated carbocycles. The molecule has 0 atom stereocenters. The molecule has 0 amide bonds. The Morgan fingerprint density at radius 3 is 2.27 bits per heavy atom. The van der Waals surface area contributed by atoms with Crippen molar-refractivity contribution in [3.63, 3.8) is 0 Å². The fourth-order valence-electron chi connectivity index (χ4n) is 0.921. The van der Waals surface area contributed by atoms with Gasteiger partial charge in [-0.05, 0) is 12.0 Å². The minimum Gasteiger partial charge on any atom is -0.854 e. The molecule has 0 aliphatic carbocycles. The summed E-state index contributed by atoms with van der Waals surface area (Å²) in [7, 11) is 0. The Morgan fingerprint density at radius 1 is 1.09 bits per heavy atom. The summed E-state index contributed by atoms with van der Waals surface area (Å²) in [5.41, 5.74) is 1.26. The SMILES string of the molecule is [Na+].[O-]CCCc1ccccc1. The Balaban J connectivity index is 0.000001000. The zero-order valence-electron chi connectivity index (χ0n) is 6.92. The Hall–Kier alpha value is 0.180. The van der Waals surface area contributed by atoms with Gasteiger partial charge in [0.2, 0.25) is 0 Å². The second kappa shape index (κ2) is 6.86. The zero-order chi connectivity index (χ0) is 7.23.